The topological polar surface area (TPSA) is 130 Å². The lowest BCUT2D eigenvalue weighted by Crippen LogP contribution is -2.52. The lowest BCUT2D eigenvalue weighted by molar-refractivity contribution is -0.154. The molecular weight excluding hydrogens is 258 g/mol. The largest absolute Gasteiger partial charge is 0.481 e. The molecule has 0 bridgehead atoms. The van der Waals surface area contributed by atoms with Gasteiger partial charge in [-0.15, -0.1) is 0 Å². The van der Waals surface area contributed by atoms with E-state index < -0.39 is 41.4 Å². The number of nitrogens with one attached hydrogen (secondary N) is 1. The number of hydrogen-bond donors (Lipinski definition) is 3. The van der Waals surface area contributed by atoms with Crippen LogP contribution in [0.2, 0.25) is 0 Å². The van der Waals surface area contributed by atoms with Gasteiger partial charge in [-0.3, -0.25) is 9.59 Å². The van der Waals surface area contributed by atoms with Gasteiger partial charge in [-0.05, 0) is 27.7 Å². The molecule has 8 heteroatoms. The molecule has 1 amide bonds. The van der Waals surface area contributed by atoms with Crippen LogP contribution in [0.3, 0.4) is 0 Å². The first-order chi connectivity index (χ1) is 8.45. The lowest BCUT2D eigenvalue weighted by Gasteiger charge is -2.23. The Morgan fingerprint density at radius 3 is 1.79 bits per heavy atom. The quantitative estimate of drug-likeness (QED) is 0.613. The van der Waals surface area contributed by atoms with Crippen molar-refractivity contribution in [1.29, 1.82) is 0 Å². The molecule has 0 saturated heterocycles. The molecule has 0 spiro atoms. The number of carbonyl (C=O) groups is 4. The summed E-state index contributed by atoms with van der Waals surface area (Å²) in [4.78, 5) is 44.4. The number of aliphatic carboxylic acids is 2. The molecule has 0 aromatic rings. The summed E-state index contributed by atoms with van der Waals surface area (Å²) < 4.78 is 4.81. The number of Topliss-reactive ketones (excluding diaryl/α,β-unsaturated/α-hetero) is 1. The number of hydrogen-bond acceptors (Lipinski definition) is 5. The predicted octanol–water partition coefficient (Wildman–Crippen LogP) is 0.254. The van der Waals surface area contributed by atoms with Crippen molar-refractivity contribution in [1.82, 2.24) is 5.32 Å². The number of carboxylic acid groups (broad SMARTS) is 2. The van der Waals surface area contributed by atoms with Crippen molar-refractivity contribution in [2.75, 3.05) is 0 Å². The van der Waals surface area contributed by atoms with Crippen LogP contribution in [0.5, 0.6) is 0 Å². The van der Waals surface area contributed by atoms with E-state index in [2.05, 4.69) is 0 Å². The van der Waals surface area contributed by atoms with Gasteiger partial charge in [0.05, 0.1) is 0 Å². The smallest absolute Gasteiger partial charge is 0.408 e. The predicted molar refractivity (Wildman–Crippen MR) is 62.6 cm³/mol. The Morgan fingerprint density at radius 1 is 1.05 bits per heavy atom. The molecule has 0 rings (SSSR count). The van der Waals surface area contributed by atoms with Gasteiger partial charge >= 0.3 is 18.0 Å². The molecule has 0 aliphatic carbocycles. The number of alkyl carbamates (subject to hydrolysis) is 1. The van der Waals surface area contributed by atoms with Gasteiger partial charge < -0.3 is 20.3 Å². The number of amides is 1. The van der Waals surface area contributed by atoms with Crippen molar-refractivity contribution in [3.63, 3.8) is 0 Å². The number of carbonyl (C=O) groups excluding carboxylic acids is 2. The highest BCUT2D eigenvalue weighted by Crippen LogP contribution is 2.10. The number of rotatable bonds is 5. The van der Waals surface area contributed by atoms with Gasteiger partial charge in [0.25, 0.3) is 0 Å². The van der Waals surface area contributed by atoms with Crippen LogP contribution in [-0.2, 0) is 19.1 Å². The van der Waals surface area contributed by atoms with Crippen LogP contribution >= 0.6 is 0 Å². The molecule has 8 nitrogen and oxygen atoms in total. The highest BCUT2D eigenvalue weighted by Gasteiger charge is 2.39. The fourth-order valence-electron chi connectivity index (χ4n) is 1.27. The van der Waals surface area contributed by atoms with Crippen LogP contribution in [-0.4, -0.2) is 45.7 Å². The zero-order valence-corrected chi connectivity index (χ0v) is 11.1. The van der Waals surface area contributed by atoms with Crippen LogP contribution in [0.1, 0.15) is 27.7 Å². The van der Waals surface area contributed by atoms with E-state index in [9.17, 15) is 19.2 Å². The molecule has 0 aliphatic heterocycles. The van der Waals surface area contributed by atoms with Crippen molar-refractivity contribution in [3.05, 3.63) is 0 Å². The van der Waals surface area contributed by atoms with E-state index in [0.29, 0.717) is 0 Å². The SMILES string of the molecule is CC(=O)C(C(=O)O)C(NC(=O)OC(C)(C)C)C(=O)O. The first-order valence-electron chi connectivity index (χ1n) is 5.41. The van der Waals surface area contributed by atoms with Crippen molar-refractivity contribution in [2.24, 2.45) is 5.92 Å². The Hall–Kier alpha value is -2.12. The van der Waals surface area contributed by atoms with Gasteiger partial charge in [-0.25, -0.2) is 9.59 Å². The molecule has 3 N–H and O–H groups in total. The average Bonchev–Trinajstić information content (AvgIpc) is 2.11. The Kier molecular flexibility index (Phi) is 5.48. The Morgan fingerprint density at radius 2 is 1.53 bits per heavy atom. The second kappa shape index (κ2) is 6.17. The van der Waals surface area contributed by atoms with Crippen molar-refractivity contribution in [2.45, 2.75) is 39.3 Å². The van der Waals surface area contributed by atoms with Crippen LogP contribution in [0, 0.1) is 5.92 Å². The van der Waals surface area contributed by atoms with Crippen molar-refractivity contribution in [3.8, 4) is 0 Å². The zero-order valence-electron chi connectivity index (χ0n) is 11.1. The third-order valence-electron chi connectivity index (χ3n) is 1.98. The first-order valence-corrected chi connectivity index (χ1v) is 5.41. The Balaban J connectivity index is 5.03. The summed E-state index contributed by atoms with van der Waals surface area (Å²) in [6, 6.07) is -1.88. The molecule has 0 heterocycles. The lowest BCUT2D eigenvalue weighted by atomic mass is 9.96. The van der Waals surface area contributed by atoms with Gasteiger partial charge in [0.1, 0.15) is 23.3 Å². The minimum atomic E-state index is -1.88. The number of carboxylic acids is 2. The Bertz CT molecular complexity index is 382. The fraction of sp³-hybridized carbons (Fsp3) is 0.636. The zero-order chi connectivity index (χ0) is 15.4. The van der Waals surface area contributed by atoms with Crippen LogP contribution in [0.15, 0.2) is 0 Å². The standard InChI is InChI=1S/C11H17NO7/c1-5(13)6(8(14)15)7(9(16)17)12-10(18)19-11(2,3)4/h6-7H,1-4H3,(H,12,18)(H,14,15)(H,16,17). The summed E-state index contributed by atoms with van der Waals surface area (Å²) >= 11 is 0. The third kappa shape index (κ3) is 5.84. The van der Waals surface area contributed by atoms with Gasteiger partial charge in [0, 0.05) is 0 Å². The molecule has 0 fully saturated rings. The van der Waals surface area contributed by atoms with Crippen LogP contribution < -0.4 is 5.32 Å². The second-order valence-corrected chi connectivity index (χ2v) is 4.89. The molecule has 0 aromatic carbocycles. The van der Waals surface area contributed by atoms with E-state index in [1.165, 1.54) is 0 Å². The van der Waals surface area contributed by atoms with E-state index >= 15 is 0 Å². The highest BCUT2D eigenvalue weighted by molar-refractivity contribution is 6.02. The third-order valence-corrected chi connectivity index (χ3v) is 1.98. The van der Waals surface area contributed by atoms with E-state index in [0.717, 1.165) is 6.92 Å². The van der Waals surface area contributed by atoms with Crippen molar-refractivity contribution >= 4 is 23.8 Å². The Labute approximate surface area is 109 Å². The summed E-state index contributed by atoms with van der Waals surface area (Å²) in [5.74, 6) is -6.01. The highest BCUT2D eigenvalue weighted by atomic mass is 16.6. The summed E-state index contributed by atoms with van der Waals surface area (Å²) in [6.45, 7) is 5.61. The number of ether oxygens (including phenoxy) is 1. The van der Waals surface area contributed by atoms with E-state index in [-0.39, 0.29) is 0 Å². The van der Waals surface area contributed by atoms with Gasteiger partial charge in [-0.1, -0.05) is 0 Å². The van der Waals surface area contributed by atoms with Gasteiger partial charge in [0.15, 0.2) is 0 Å². The van der Waals surface area contributed by atoms with Gasteiger partial charge in [0.2, 0.25) is 0 Å². The maximum Gasteiger partial charge on any atom is 0.408 e. The summed E-state index contributed by atoms with van der Waals surface area (Å²) in [5.41, 5.74) is -0.873. The molecule has 19 heavy (non-hydrogen) atoms. The van der Waals surface area contributed by atoms with E-state index in [1.54, 1.807) is 20.8 Å². The molecule has 0 saturated carbocycles. The van der Waals surface area contributed by atoms with Crippen molar-refractivity contribution < 1.29 is 34.1 Å². The monoisotopic (exact) mass is 275 g/mol. The van der Waals surface area contributed by atoms with Crippen LogP contribution in [0.25, 0.3) is 0 Å². The minimum absolute atomic E-state index is 0.873. The number of ketones is 1. The molecule has 0 aliphatic rings. The van der Waals surface area contributed by atoms with Gasteiger partial charge in [-0.2, -0.15) is 0 Å². The second-order valence-electron chi connectivity index (χ2n) is 4.89. The molecule has 0 radical (unpaired) electrons. The minimum Gasteiger partial charge on any atom is -0.481 e. The normalized spacial score (nSPS) is 14.1. The average molecular weight is 275 g/mol. The molecule has 2 unspecified atom stereocenters. The molecule has 0 aromatic heterocycles. The first kappa shape index (κ1) is 16.9. The summed E-state index contributed by atoms with van der Waals surface area (Å²) in [6.07, 6.45) is -1.10. The van der Waals surface area contributed by atoms with E-state index in [1.807, 2.05) is 5.32 Å². The molecular formula is C11H17NO7. The van der Waals surface area contributed by atoms with Crippen LogP contribution in [0.4, 0.5) is 4.79 Å². The summed E-state index contributed by atoms with van der Waals surface area (Å²) in [7, 11) is 0. The molecule has 108 valence electrons. The van der Waals surface area contributed by atoms with E-state index in [4.69, 9.17) is 14.9 Å². The maximum absolute atomic E-state index is 11.4. The maximum atomic E-state index is 11.4. The fourth-order valence-corrected chi connectivity index (χ4v) is 1.27. The summed E-state index contributed by atoms with van der Waals surface area (Å²) in [5, 5.41) is 19.6. The molecule has 2 atom stereocenters.